The Hall–Kier alpha value is -1.32. The molecule has 1 amide bonds. The van der Waals surface area contributed by atoms with E-state index in [-0.39, 0.29) is 5.41 Å². The first-order valence-corrected chi connectivity index (χ1v) is 8.58. The summed E-state index contributed by atoms with van der Waals surface area (Å²) in [7, 11) is 1.15. The van der Waals surface area contributed by atoms with Gasteiger partial charge in [-0.2, -0.15) is 11.8 Å². The Balaban J connectivity index is 2.91. The first-order chi connectivity index (χ1) is 10.9. The Labute approximate surface area is 145 Å². The minimum Gasteiger partial charge on any atom is -0.481 e. The van der Waals surface area contributed by atoms with Crippen LogP contribution < -0.4 is 11.1 Å². The molecule has 0 aromatic carbocycles. The van der Waals surface area contributed by atoms with Gasteiger partial charge in [-0.25, -0.2) is 4.79 Å². The van der Waals surface area contributed by atoms with Gasteiger partial charge in [-0.05, 0) is 24.5 Å². The molecule has 138 valence electrons. The van der Waals surface area contributed by atoms with Crippen molar-refractivity contribution >= 4 is 29.6 Å². The average molecular weight is 362 g/mol. The van der Waals surface area contributed by atoms with Crippen LogP contribution in [-0.2, 0) is 19.1 Å². The zero-order valence-corrected chi connectivity index (χ0v) is 15.2. The monoisotopic (exact) mass is 362 g/mol. The lowest BCUT2D eigenvalue weighted by molar-refractivity contribution is -0.149. The Morgan fingerprint density at radius 1 is 1.33 bits per heavy atom. The lowest BCUT2D eigenvalue weighted by Gasteiger charge is -2.35. The summed E-state index contributed by atoms with van der Waals surface area (Å²) in [5.41, 5.74) is 5.50. The fraction of sp³-hybridized carbons (Fsp3) is 0.800. The van der Waals surface area contributed by atoms with Crippen LogP contribution in [0, 0.1) is 5.41 Å². The van der Waals surface area contributed by atoms with Crippen LogP contribution >= 0.6 is 11.8 Å². The highest BCUT2D eigenvalue weighted by Crippen LogP contribution is 2.50. The van der Waals surface area contributed by atoms with E-state index in [1.54, 1.807) is 0 Å². The number of ether oxygens (including phenoxy) is 1. The van der Waals surface area contributed by atoms with E-state index in [1.807, 2.05) is 6.92 Å². The van der Waals surface area contributed by atoms with Crippen molar-refractivity contribution in [1.29, 1.82) is 0 Å². The Morgan fingerprint density at radius 3 is 2.33 bits per heavy atom. The highest BCUT2D eigenvalue weighted by atomic mass is 32.2. The SMILES string of the molecule is COC(=O)[C@@H](NC(=O)[C@@H](N)CC(=O)O)C(O)C1(C)CC(C)(C)CS1. The Morgan fingerprint density at radius 2 is 1.92 bits per heavy atom. The molecular formula is C15H26N2O6S. The van der Waals surface area contributed by atoms with Gasteiger partial charge in [0.1, 0.15) is 0 Å². The Kier molecular flexibility index (Phi) is 6.66. The zero-order chi connectivity index (χ0) is 18.7. The maximum Gasteiger partial charge on any atom is 0.331 e. The van der Waals surface area contributed by atoms with Crippen molar-refractivity contribution in [2.45, 2.75) is 56.5 Å². The van der Waals surface area contributed by atoms with E-state index in [0.29, 0.717) is 6.42 Å². The van der Waals surface area contributed by atoms with Gasteiger partial charge in [0.05, 0.1) is 25.7 Å². The molecule has 0 aromatic heterocycles. The molecule has 0 spiro atoms. The molecule has 0 aromatic rings. The van der Waals surface area contributed by atoms with Gasteiger partial charge in [-0.3, -0.25) is 9.59 Å². The number of esters is 1. The van der Waals surface area contributed by atoms with Crippen LogP contribution in [0.4, 0.5) is 0 Å². The summed E-state index contributed by atoms with van der Waals surface area (Å²) in [6, 6.07) is -2.63. The molecule has 1 fully saturated rings. The third kappa shape index (κ3) is 5.09. The molecule has 4 atom stereocenters. The van der Waals surface area contributed by atoms with Crippen LogP contribution in [0.25, 0.3) is 0 Å². The molecule has 1 saturated heterocycles. The summed E-state index contributed by atoms with van der Waals surface area (Å²) in [6.07, 6.45) is -1.12. The van der Waals surface area contributed by atoms with Crippen LogP contribution in [0.15, 0.2) is 0 Å². The predicted molar refractivity (Wildman–Crippen MR) is 89.4 cm³/mol. The number of carbonyl (C=O) groups excluding carboxylic acids is 2. The number of carboxylic acid groups (broad SMARTS) is 1. The van der Waals surface area contributed by atoms with Gasteiger partial charge in [-0.1, -0.05) is 13.8 Å². The minimum atomic E-state index is -1.32. The molecule has 1 aliphatic rings. The van der Waals surface area contributed by atoms with Crippen LogP contribution in [0.3, 0.4) is 0 Å². The average Bonchev–Trinajstić information content (AvgIpc) is 2.77. The molecule has 8 nitrogen and oxygen atoms in total. The normalized spacial score (nSPS) is 26.2. The number of nitrogens with one attached hydrogen (secondary N) is 1. The maximum atomic E-state index is 12.0. The van der Waals surface area contributed by atoms with Gasteiger partial charge in [0.25, 0.3) is 0 Å². The molecular weight excluding hydrogens is 336 g/mol. The van der Waals surface area contributed by atoms with Crippen LogP contribution in [0.1, 0.15) is 33.6 Å². The third-order valence-electron chi connectivity index (χ3n) is 4.05. The number of hydrogen-bond donors (Lipinski definition) is 4. The van der Waals surface area contributed by atoms with E-state index in [2.05, 4.69) is 23.9 Å². The fourth-order valence-electron chi connectivity index (χ4n) is 2.89. The summed E-state index contributed by atoms with van der Waals surface area (Å²) >= 11 is 1.53. The van der Waals surface area contributed by atoms with E-state index in [1.165, 1.54) is 11.8 Å². The van der Waals surface area contributed by atoms with Gasteiger partial charge in [0.2, 0.25) is 5.91 Å². The smallest absolute Gasteiger partial charge is 0.331 e. The minimum absolute atomic E-state index is 0.00914. The predicted octanol–water partition coefficient (Wildman–Crippen LogP) is -0.271. The van der Waals surface area contributed by atoms with Gasteiger partial charge in [-0.15, -0.1) is 0 Å². The number of carbonyl (C=O) groups is 3. The topological polar surface area (TPSA) is 139 Å². The van der Waals surface area contributed by atoms with E-state index in [4.69, 9.17) is 10.8 Å². The van der Waals surface area contributed by atoms with Crippen molar-refractivity contribution in [2.24, 2.45) is 11.1 Å². The lowest BCUT2D eigenvalue weighted by Crippen LogP contribution is -2.59. The number of aliphatic carboxylic acids is 1. The van der Waals surface area contributed by atoms with E-state index in [9.17, 15) is 19.5 Å². The van der Waals surface area contributed by atoms with E-state index < -0.39 is 47.2 Å². The number of hydrogen-bond acceptors (Lipinski definition) is 7. The molecule has 24 heavy (non-hydrogen) atoms. The largest absolute Gasteiger partial charge is 0.481 e. The number of methoxy groups -OCH3 is 1. The van der Waals surface area contributed by atoms with Gasteiger partial charge >= 0.3 is 11.9 Å². The molecule has 1 heterocycles. The number of aliphatic hydroxyl groups is 1. The highest BCUT2D eigenvalue weighted by molar-refractivity contribution is 8.01. The number of rotatable bonds is 7. The highest BCUT2D eigenvalue weighted by Gasteiger charge is 2.50. The summed E-state index contributed by atoms with van der Waals surface area (Å²) in [4.78, 5) is 34.7. The first kappa shape index (κ1) is 20.7. The number of nitrogens with two attached hydrogens (primary N) is 1. The van der Waals surface area contributed by atoms with Crippen LogP contribution in [0.5, 0.6) is 0 Å². The number of aliphatic hydroxyl groups excluding tert-OH is 1. The van der Waals surface area contributed by atoms with Gasteiger partial charge < -0.3 is 26.0 Å². The molecule has 0 saturated carbocycles. The van der Waals surface area contributed by atoms with Crippen molar-refractivity contribution in [3.8, 4) is 0 Å². The standard InChI is InChI=1S/C15H26N2O6S/c1-14(2)6-15(3,24-7-14)11(20)10(13(22)23-4)17-12(21)8(16)5-9(18)19/h8,10-11,20H,5-7,16H2,1-4H3,(H,17,21)(H,18,19)/t8-,10-,11?,15?/m0/s1. The summed E-state index contributed by atoms with van der Waals surface area (Å²) < 4.78 is 4.03. The second-order valence-corrected chi connectivity index (χ2v) is 8.61. The summed E-state index contributed by atoms with van der Waals surface area (Å²) in [6.45, 7) is 5.95. The van der Waals surface area contributed by atoms with Crippen molar-refractivity contribution in [1.82, 2.24) is 5.32 Å². The summed E-state index contributed by atoms with van der Waals surface area (Å²) in [5, 5.41) is 21.8. The van der Waals surface area contributed by atoms with Gasteiger partial charge in [0.15, 0.2) is 6.04 Å². The fourth-order valence-corrected chi connectivity index (χ4v) is 4.51. The van der Waals surface area contributed by atoms with Crippen LogP contribution in [0.2, 0.25) is 0 Å². The first-order valence-electron chi connectivity index (χ1n) is 7.59. The molecule has 2 unspecified atom stereocenters. The third-order valence-corrected chi connectivity index (χ3v) is 6.02. The molecule has 0 radical (unpaired) electrons. The van der Waals surface area contributed by atoms with Gasteiger partial charge in [0, 0.05) is 4.75 Å². The van der Waals surface area contributed by atoms with Crippen LogP contribution in [-0.4, -0.2) is 63.9 Å². The van der Waals surface area contributed by atoms with E-state index in [0.717, 1.165) is 12.9 Å². The molecule has 0 bridgehead atoms. The van der Waals surface area contributed by atoms with E-state index >= 15 is 0 Å². The second kappa shape index (κ2) is 7.71. The second-order valence-electron chi connectivity index (χ2n) is 7.10. The zero-order valence-electron chi connectivity index (χ0n) is 14.4. The number of amides is 1. The molecule has 9 heteroatoms. The lowest BCUT2D eigenvalue weighted by atomic mass is 9.81. The number of thioether (sulfide) groups is 1. The molecule has 1 aliphatic heterocycles. The van der Waals surface area contributed by atoms with Crippen molar-refractivity contribution < 1.29 is 29.3 Å². The molecule has 1 rings (SSSR count). The summed E-state index contributed by atoms with van der Waals surface area (Å²) in [5.74, 6) is -2.04. The van der Waals surface area contributed by atoms with Crippen molar-refractivity contribution in [3.05, 3.63) is 0 Å². The maximum absolute atomic E-state index is 12.0. The Bertz CT molecular complexity index is 512. The quantitative estimate of drug-likeness (QED) is 0.454. The van der Waals surface area contributed by atoms with Crippen molar-refractivity contribution in [2.75, 3.05) is 12.9 Å². The van der Waals surface area contributed by atoms with Crippen molar-refractivity contribution in [3.63, 3.8) is 0 Å². The molecule has 5 N–H and O–H groups in total. The molecule has 0 aliphatic carbocycles. The number of carboxylic acids is 1.